The van der Waals surface area contributed by atoms with Crippen LogP contribution in [-0.4, -0.2) is 52.2 Å². The Morgan fingerprint density at radius 2 is 2.13 bits per heavy atom. The first-order chi connectivity index (χ1) is 10.8. The van der Waals surface area contributed by atoms with Crippen molar-refractivity contribution in [2.45, 2.75) is 32.9 Å². The lowest BCUT2D eigenvalue weighted by molar-refractivity contribution is -0.133. The third-order valence-electron chi connectivity index (χ3n) is 3.99. The highest BCUT2D eigenvalue weighted by Gasteiger charge is 2.24. The van der Waals surface area contributed by atoms with E-state index in [4.69, 9.17) is 5.73 Å². The number of nitrogens with two attached hydrogens (primary N) is 1. The number of hydrogen-bond acceptors (Lipinski definition) is 5. The summed E-state index contributed by atoms with van der Waals surface area (Å²) in [5.41, 5.74) is 6.46. The molecular formula is C15H23N5O2S. The van der Waals surface area contributed by atoms with E-state index in [9.17, 15) is 9.59 Å². The van der Waals surface area contributed by atoms with E-state index in [1.807, 2.05) is 27.0 Å². The number of carbonyl (C=O) groups excluding carboxylic acids is 2. The van der Waals surface area contributed by atoms with Crippen LogP contribution in [-0.2, 0) is 11.8 Å². The summed E-state index contributed by atoms with van der Waals surface area (Å²) in [5, 5.41) is 8.04. The zero-order valence-electron chi connectivity index (χ0n) is 14.1. The van der Waals surface area contributed by atoms with Crippen LogP contribution in [0.15, 0.2) is 6.07 Å². The molecule has 2 rings (SSSR count). The Balaban J connectivity index is 2.11. The predicted molar refractivity (Wildman–Crippen MR) is 91.5 cm³/mol. The third-order valence-corrected chi connectivity index (χ3v) is 5.19. The minimum absolute atomic E-state index is 0.0695. The number of nitrogens with zero attached hydrogens (tertiary/aromatic N) is 3. The van der Waals surface area contributed by atoms with Gasteiger partial charge in [0.15, 0.2) is 0 Å². The van der Waals surface area contributed by atoms with Crippen LogP contribution in [0.3, 0.4) is 0 Å². The van der Waals surface area contributed by atoms with Crippen LogP contribution in [0.5, 0.6) is 0 Å². The first kappa shape index (κ1) is 17.4. The van der Waals surface area contributed by atoms with E-state index in [2.05, 4.69) is 10.4 Å². The number of amides is 2. The fourth-order valence-electron chi connectivity index (χ4n) is 2.33. The van der Waals surface area contributed by atoms with Gasteiger partial charge >= 0.3 is 0 Å². The largest absolute Gasteiger partial charge is 0.340 e. The Hall–Kier alpha value is -1.93. The molecule has 2 amide bonds. The molecule has 126 valence electrons. The third kappa shape index (κ3) is 3.37. The van der Waals surface area contributed by atoms with Crippen LogP contribution in [0.25, 0.3) is 10.2 Å². The number of fused-ring (bicyclic) bond motifs is 1. The van der Waals surface area contributed by atoms with Crippen molar-refractivity contribution < 1.29 is 9.59 Å². The average molecular weight is 337 g/mol. The standard InChI is InChI=1S/C15H23N5O2S/c1-8(7-16)19(4)14(22)10(3)17-13(21)12-6-11-9(2)18-20(5)15(11)23-12/h6,8,10H,7,16H2,1-5H3,(H,17,21). The first-order valence-electron chi connectivity index (χ1n) is 7.47. The van der Waals surface area contributed by atoms with E-state index in [1.54, 1.807) is 23.6 Å². The molecule has 0 bridgehead atoms. The second kappa shape index (κ2) is 6.67. The second-order valence-corrected chi connectivity index (χ2v) is 6.80. The first-order valence-corrected chi connectivity index (χ1v) is 8.28. The summed E-state index contributed by atoms with van der Waals surface area (Å²) in [4.78, 5) is 27.8. The molecule has 8 heteroatoms. The number of thiophene rings is 1. The topological polar surface area (TPSA) is 93.2 Å². The molecule has 0 saturated carbocycles. The molecule has 2 aromatic rings. The lowest BCUT2D eigenvalue weighted by Gasteiger charge is -2.26. The van der Waals surface area contributed by atoms with Crippen LogP contribution in [0.1, 0.15) is 29.2 Å². The molecule has 0 saturated heterocycles. The Morgan fingerprint density at radius 3 is 2.70 bits per heavy atom. The van der Waals surface area contributed by atoms with E-state index < -0.39 is 6.04 Å². The number of nitrogens with one attached hydrogen (secondary N) is 1. The lowest BCUT2D eigenvalue weighted by atomic mass is 10.2. The summed E-state index contributed by atoms with van der Waals surface area (Å²) in [6.07, 6.45) is 0. The lowest BCUT2D eigenvalue weighted by Crippen LogP contribution is -2.49. The molecule has 0 radical (unpaired) electrons. The fourth-order valence-corrected chi connectivity index (χ4v) is 3.35. The van der Waals surface area contributed by atoms with Crippen LogP contribution >= 0.6 is 11.3 Å². The monoisotopic (exact) mass is 337 g/mol. The summed E-state index contributed by atoms with van der Waals surface area (Å²) in [7, 11) is 3.54. The summed E-state index contributed by atoms with van der Waals surface area (Å²) >= 11 is 1.37. The molecule has 0 aliphatic rings. The molecule has 3 N–H and O–H groups in total. The van der Waals surface area contributed by atoms with E-state index in [0.717, 1.165) is 15.9 Å². The van der Waals surface area contributed by atoms with Crippen molar-refractivity contribution in [1.82, 2.24) is 20.0 Å². The molecule has 2 aromatic heterocycles. The number of aryl methyl sites for hydroxylation is 2. The van der Waals surface area contributed by atoms with Gasteiger partial charge in [-0.15, -0.1) is 11.3 Å². The Kier molecular flexibility index (Phi) is 5.06. The van der Waals surface area contributed by atoms with Crippen LogP contribution in [0.2, 0.25) is 0 Å². The van der Waals surface area contributed by atoms with E-state index >= 15 is 0 Å². The molecular weight excluding hydrogens is 314 g/mol. The highest BCUT2D eigenvalue weighted by atomic mass is 32.1. The quantitative estimate of drug-likeness (QED) is 0.846. The van der Waals surface area contributed by atoms with Gasteiger partial charge in [0.05, 0.1) is 10.6 Å². The molecule has 2 unspecified atom stereocenters. The minimum Gasteiger partial charge on any atom is -0.340 e. The Labute approximate surface area is 139 Å². The second-order valence-electron chi connectivity index (χ2n) is 5.77. The van der Waals surface area contributed by atoms with Gasteiger partial charge in [0.1, 0.15) is 10.9 Å². The van der Waals surface area contributed by atoms with Gasteiger partial charge in [-0.1, -0.05) is 0 Å². The number of aromatic nitrogens is 2. The summed E-state index contributed by atoms with van der Waals surface area (Å²) in [6.45, 7) is 5.84. The molecule has 0 aromatic carbocycles. The van der Waals surface area contributed by atoms with E-state index in [-0.39, 0.29) is 17.9 Å². The molecule has 2 atom stereocenters. The van der Waals surface area contributed by atoms with Gasteiger partial charge < -0.3 is 16.0 Å². The zero-order chi connectivity index (χ0) is 17.3. The maximum Gasteiger partial charge on any atom is 0.262 e. The van der Waals surface area contributed by atoms with Crippen molar-refractivity contribution in [3.8, 4) is 0 Å². The fraction of sp³-hybridized carbons (Fsp3) is 0.533. The highest BCUT2D eigenvalue weighted by molar-refractivity contribution is 7.20. The van der Waals surface area contributed by atoms with Crippen molar-refractivity contribution in [1.29, 1.82) is 0 Å². The van der Waals surface area contributed by atoms with Gasteiger partial charge in [-0.3, -0.25) is 14.3 Å². The van der Waals surface area contributed by atoms with Crippen LogP contribution < -0.4 is 11.1 Å². The van der Waals surface area contributed by atoms with E-state index in [0.29, 0.717) is 11.4 Å². The normalized spacial score (nSPS) is 13.8. The number of rotatable bonds is 5. The molecule has 0 aliphatic carbocycles. The number of carbonyl (C=O) groups is 2. The maximum absolute atomic E-state index is 12.4. The number of hydrogen-bond donors (Lipinski definition) is 2. The van der Waals surface area contributed by atoms with E-state index in [1.165, 1.54) is 11.3 Å². The predicted octanol–water partition coefficient (Wildman–Crippen LogP) is 0.867. The minimum atomic E-state index is -0.606. The zero-order valence-corrected chi connectivity index (χ0v) is 14.9. The van der Waals surface area contributed by atoms with Gasteiger partial charge in [0.2, 0.25) is 5.91 Å². The van der Waals surface area contributed by atoms with Crippen molar-refractivity contribution >= 4 is 33.4 Å². The smallest absolute Gasteiger partial charge is 0.262 e. The van der Waals surface area contributed by atoms with Crippen LogP contribution in [0, 0.1) is 6.92 Å². The van der Waals surface area contributed by atoms with Crippen molar-refractivity contribution in [2.75, 3.05) is 13.6 Å². The Bertz CT molecular complexity index is 701. The molecule has 0 aliphatic heterocycles. The van der Waals surface area contributed by atoms with Gasteiger partial charge in [-0.2, -0.15) is 5.10 Å². The van der Waals surface area contributed by atoms with Gasteiger partial charge in [-0.05, 0) is 26.8 Å². The van der Waals surface area contributed by atoms with Crippen LogP contribution in [0.4, 0.5) is 0 Å². The summed E-state index contributed by atoms with van der Waals surface area (Å²) < 4.78 is 1.76. The van der Waals surface area contributed by atoms with Crippen molar-refractivity contribution in [3.05, 3.63) is 16.6 Å². The SMILES string of the molecule is Cc1nn(C)c2sc(C(=O)NC(C)C(=O)N(C)C(C)CN)cc12. The summed E-state index contributed by atoms with van der Waals surface area (Å²) in [5.74, 6) is -0.407. The van der Waals surface area contributed by atoms with Gasteiger partial charge in [0.25, 0.3) is 5.91 Å². The van der Waals surface area contributed by atoms with Crippen molar-refractivity contribution in [2.24, 2.45) is 12.8 Å². The summed E-state index contributed by atoms with van der Waals surface area (Å²) in [6, 6.07) is 1.15. The highest BCUT2D eigenvalue weighted by Crippen LogP contribution is 2.27. The molecule has 2 heterocycles. The Morgan fingerprint density at radius 1 is 1.48 bits per heavy atom. The number of likely N-dealkylation sites (N-methyl/N-ethyl adjacent to an activating group) is 1. The molecule has 0 fully saturated rings. The van der Waals surface area contributed by atoms with Crippen molar-refractivity contribution in [3.63, 3.8) is 0 Å². The maximum atomic E-state index is 12.4. The molecule has 7 nitrogen and oxygen atoms in total. The average Bonchev–Trinajstić information content (AvgIpc) is 3.07. The van der Waals surface area contributed by atoms with Gasteiger partial charge in [0, 0.05) is 32.1 Å². The van der Waals surface area contributed by atoms with Gasteiger partial charge in [-0.25, -0.2) is 0 Å². The molecule has 23 heavy (non-hydrogen) atoms. The molecule has 0 spiro atoms.